The molecule has 1 saturated carbocycles. The fraction of sp³-hybridized carbons (Fsp3) is 0.190. The molecule has 0 aliphatic heterocycles. The van der Waals surface area contributed by atoms with Crippen molar-refractivity contribution in [1.82, 2.24) is 0 Å². The molecule has 0 saturated heterocycles. The highest BCUT2D eigenvalue weighted by atomic mass is 127. The molecule has 0 unspecified atom stereocenters. The molecule has 122 valence electrons. The number of anilines is 1. The summed E-state index contributed by atoms with van der Waals surface area (Å²) >= 11 is 2.29. The molecule has 2 nitrogen and oxygen atoms in total. The molecule has 0 amide bonds. The number of carbonyl (C=O) groups excluding carboxylic acids is 1. The van der Waals surface area contributed by atoms with Gasteiger partial charge < -0.3 is 4.90 Å². The summed E-state index contributed by atoms with van der Waals surface area (Å²) in [5.41, 5.74) is 5.16. The van der Waals surface area contributed by atoms with E-state index in [9.17, 15) is 4.79 Å². The molecule has 1 aliphatic carbocycles. The average Bonchev–Trinajstić information content (AvgIpc) is 2.89. The Morgan fingerprint density at radius 3 is 2.12 bits per heavy atom. The van der Waals surface area contributed by atoms with Crippen LogP contribution in [0.3, 0.4) is 0 Å². The molecular formula is C21H20INO. The van der Waals surface area contributed by atoms with E-state index in [-0.39, 0.29) is 5.78 Å². The second-order valence-electron chi connectivity index (χ2n) is 6.21. The van der Waals surface area contributed by atoms with Crippen LogP contribution in [-0.4, -0.2) is 19.9 Å². The summed E-state index contributed by atoms with van der Waals surface area (Å²) in [7, 11) is 4.05. The first-order chi connectivity index (χ1) is 11.5. The second-order valence-corrected chi connectivity index (χ2v) is 7.45. The van der Waals surface area contributed by atoms with Gasteiger partial charge in [0, 0.05) is 34.5 Å². The Balaban J connectivity index is 1.80. The van der Waals surface area contributed by atoms with Gasteiger partial charge in [-0.2, -0.15) is 0 Å². The zero-order valence-electron chi connectivity index (χ0n) is 13.9. The van der Waals surface area contributed by atoms with E-state index in [1.807, 2.05) is 38.4 Å². The average molecular weight is 429 g/mol. The van der Waals surface area contributed by atoms with E-state index in [1.54, 1.807) is 0 Å². The maximum Gasteiger partial charge on any atom is 0.185 e. The van der Waals surface area contributed by atoms with Gasteiger partial charge in [0.2, 0.25) is 0 Å². The lowest BCUT2D eigenvalue weighted by Gasteiger charge is -2.11. The molecule has 2 aromatic carbocycles. The number of hydrogen-bond acceptors (Lipinski definition) is 2. The SMILES string of the molecule is CN(C)c1ccc(C=C2CCC(=Cc3cccc(I)c3)C2=O)cc1. The van der Waals surface area contributed by atoms with Gasteiger partial charge in [0.1, 0.15) is 0 Å². The minimum Gasteiger partial charge on any atom is -0.378 e. The van der Waals surface area contributed by atoms with Gasteiger partial charge in [-0.15, -0.1) is 0 Å². The van der Waals surface area contributed by atoms with Gasteiger partial charge in [0.15, 0.2) is 5.78 Å². The fourth-order valence-electron chi connectivity index (χ4n) is 2.85. The lowest BCUT2D eigenvalue weighted by atomic mass is 10.1. The van der Waals surface area contributed by atoms with Crippen molar-refractivity contribution in [2.75, 3.05) is 19.0 Å². The Kier molecular flexibility index (Phi) is 5.19. The predicted molar refractivity (Wildman–Crippen MR) is 110 cm³/mol. The Bertz CT molecular complexity index is 816. The van der Waals surface area contributed by atoms with E-state index < -0.39 is 0 Å². The first kappa shape index (κ1) is 17.0. The summed E-state index contributed by atoms with van der Waals surface area (Å²) in [6.45, 7) is 0. The molecule has 0 heterocycles. The number of rotatable bonds is 3. The van der Waals surface area contributed by atoms with E-state index in [4.69, 9.17) is 0 Å². The van der Waals surface area contributed by atoms with Crippen LogP contribution in [0.15, 0.2) is 59.7 Å². The van der Waals surface area contributed by atoms with Crippen molar-refractivity contribution in [2.24, 2.45) is 0 Å². The van der Waals surface area contributed by atoms with Gasteiger partial charge in [0.25, 0.3) is 0 Å². The van der Waals surface area contributed by atoms with Crippen molar-refractivity contribution in [3.8, 4) is 0 Å². The molecule has 0 N–H and O–H groups in total. The van der Waals surface area contributed by atoms with Crippen LogP contribution < -0.4 is 4.90 Å². The molecule has 0 bridgehead atoms. The van der Waals surface area contributed by atoms with Crippen molar-refractivity contribution in [3.05, 3.63) is 74.4 Å². The van der Waals surface area contributed by atoms with Crippen LogP contribution in [-0.2, 0) is 4.79 Å². The molecule has 0 atom stereocenters. The van der Waals surface area contributed by atoms with Crippen LogP contribution in [0.2, 0.25) is 0 Å². The molecule has 3 rings (SSSR count). The van der Waals surface area contributed by atoms with Gasteiger partial charge in [-0.05, 0) is 83.0 Å². The Morgan fingerprint density at radius 2 is 1.54 bits per heavy atom. The topological polar surface area (TPSA) is 20.3 Å². The molecule has 0 radical (unpaired) electrons. The normalized spacial score (nSPS) is 17.7. The monoisotopic (exact) mass is 429 g/mol. The first-order valence-electron chi connectivity index (χ1n) is 8.02. The van der Waals surface area contributed by atoms with Gasteiger partial charge in [-0.25, -0.2) is 0 Å². The minimum atomic E-state index is 0.186. The van der Waals surface area contributed by atoms with Crippen LogP contribution in [0.5, 0.6) is 0 Å². The number of ketones is 1. The molecular weight excluding hydrogens is 409 g/mol. The van der Waals surface area contributed by atoms with E-state index in [0.717, 1.165) is 40.8 Å². The van der Waals surface area contributed by atoms with E-state index in [0.29, 0.717) is 0 Å². The Labute approximate surface area is 157 Å². The van der Waals surface area contributed by atoms with Gasteiger partial charge >= 0.3 is 0 Å². The summed E-state index contributed by atoms with van der Waals surface area (Å²) in [6, 6.07) is 16.5. The van der Waals surface area contributed by atoms with Crippen LogP contribution in [0, 0.1) is 3.57 Å². The molecule has 24 heavy (non-hydrogen) atoms. The molecule has 3 heteroatoms. The third-order valence-corrected chi connectivity index (χ3v) is 4.86. The number of Topliss-reactive ketones (excluding diaryl/α,β-unsaturated/α-hetero) is 1. The maximum absolute atomic E-state index is 12.6. The highest BCUT2D eigenvalue weighted by Gasteiger charge is 2.22. The van der Waals surface area contributed by atoms with Crippen LogP contribution in [0.1, 0.15) is 24.0 Å². The van der Waals surface area contributed by atoms with Gasteiger partial charge in [-0.1, -0.05) is 24.3 Å². The highest BCUT2D eigenvalue weighted by Crippen LogP contribution is 2.30. The van der Waals surface area contributed by atoms with E-state index in [2.05, 4.69) is 63.9 Å². The fourth-order valence-corrected chi connectivity index (χ4v) is 3.41. The molecule has 2 aromatic rings. The number of nitrogens with zero attached hydrogens (tertiary/aromatic N) is 1. The quantitative estimate of drug-likeness (QED) is 0.495. The highest BCUT2D eigenvalue weighted by molar-refractivity contribution is 14.1. The van der Waals surface area contributed by atoms with Gasteiger partial charge in [0.05, 0.1) is 0 Å². The Morgan fingerprint density at radius 1 is 0.917 bits per heavy atom. The van der Waals surface area contributed by atoms with Crippen LogP contribution in [0.25, 0.3) is 12.2 Å². The summed E-state index contributed by atoms with van der Waals surface area (Å²) in [6.07, 6.45) is 5.70. The van der Waals surface area contributed by atoms with E-state index >= 15 is 0 Å². The standard InChI is InChI=1S/C21H20INO/c1-23(2)20-10-6-15(7-11-20)12-17-8-9-18(21(17)24)13-16-4-3-5-19(22)14-16/h3-7,10-14H,8-9H2,1-2H3. The van der Waals surface area contributed by atoms with Crippen molar-refractivity contribution >= 4 is 46.2 Å². The van der Waals surface area contributed by atoms with Crippen LogP contribution >= 0.6 is 22.6 Å². The predicted octanol–water partition coefficient (Wildman–Crippen LogP) is 5.19. The smallest absolute Gasteiger partial charge is 0.185 e. The van der Waals surface area contributed by atoms with Gasteiger partial charge in [-0.3, -0.25) is 4.79 Å². The maximum atomic E-state index is 12.6. The van der Waals surface area contributed by atoms with Crippen molar-refractivity contribution in [1.29, 1.82) is 0 Å². The first-order valence-corrected chi connectivity index (χ1v) is 9.09. The molecule has 0 spiro atoms. The summed E-state index contributed by atoms with van der Waals surface area (Å²) in [5.74, 6) is 0.186. The second kappa shape index (κ2) is 7.34. The van der Waals surface area contributed by atoms with Crippen molar-refractivity contribution in [3.63, 3.8) is 0 Å². The number of carbonyl (C=O) groups is 1. The Hall–Kier alpha value is -1.88. The molecule has 1 fully saturated rings. The third-order valence-electron chi connectivity index (χ3n) is 4.19. The third kappa shape index (κ3) is 3.96. The lowest BCUT2D eigenvalue weighted by molar-refractivity contribution is -0.111. The summed E-state index contributed by atoms with van der Waals surface area (Å²) < 4.78 is 1.18. The number of halogens is 1. The minimum absolute atomic E-state index is 0.186. The number of allylic oxidation sites excluding steroid dienone is 2. The zero-order chi connectivity index (χ0) is 17.1. The largest absolute Gasteiger partial charge is 0.378 e. The van der Waals surface area contributed by atoms with Crippen molar-refractivity contribution in [2.45, 2.75) is 12.8 Å². The van der Waals surface area contributed by atoms with Crippen molar-refractivity contribution < 1.29 is 4.79 Å². The zero-order valence-corrected chi connectivity index (χ0v) is 16.1. The summed E-state index contributed by atoms with van der Waals surface area (Å²) in [5, 5.41) is 0. The molecule has 1 aliphatic rings. The van der Waals surface area contributed by atoms with Crippen LogP contribution in [0.4, 0.5) is 5.69 Å². The number of benzene rings is 2. The lowest BCUT2D eigenvalue weighted by Crippen LogP contribution is -2.07. The molecule has 0 aromatic heterocycles. The number of hydrogen-bond donors (Lipinski definition) is 0. The summed E-state index contributed by atoms with van der Waals surface area (Å²) in [4.78, 5) is 14.7. The van der Waals surface area contributed by atoms with E-state index in [1.165, 1.54) is 3.57 Å².